The predicted octanol–water partition coefficient (Wildman–Crippen LogP) is 2.98. The Morgan fingerprint density at radius 3 is 2.97 bits per heavy atom. The maximum atomic E-state index is 13.6. The normalized spacial score (nSPS) is 14.9. The minimum Gasteiger partial charge on any atom is -0.361 e. The van der Waals surface area contributed by atoms with Gasteiger partial charge in [-0.2, -0.15) is 0 Å². The quantitative estimate of drug-likeness (QED) is 0.422. The molecule has 4 heterocycles. The number of nitrogens with one attached hydrogen (secondary N) is 3. The zero-order valence-corrected chi connectivity index (χ0v) is 18.1. The van der Waals surface area contributed by atoms with Crippen molar-refractivity contribution in [2.45, 2.75) is 38.9 Å². The lowest BCUT2D eigenvalue weighted by Gasteiger charge is -2.16. The number of carbonyl (C=O) groups is 1. The van der Waals surface area contributed by atoms with Crippen LogP contribution in [-0.2, 0) is 24.3 Å². The highest BCUT2D eigenvalue weighted by Crippen LogP contribution is 2.24. The van der Waals surface area contributed by atoms with Crippen LogP contribution >= 0.6 is 0 Å². The number of nitrogens with zero attached hydrogens (tertiary/aromatic N) is 3. The van der Waals surface area contributed by atoms with Crippen molar-refractivity contribution in [3.05, 3.63) is 87.6 Å². The molecular weight excluding hydrogens is 423 g/mol. The molecule has 1 atom stereocenters. The Hall–Kier alpha value is -4.01. The molecule has 1 amide bonds. The molecule has 3 aromatic heterocycles. The number of anilines is 1. The van der Waals surface area contributed by atoms with Crippen LogP contribution in [0.25, 0.3) is 10.9 Å². The van der Waals surface area contributed by atoms with E-state index in [0.29, 0.717) is 19.4 Å². The first kappa shape index (κ1) is 20.9. The molecule has 1 aliphatic rings. The van der Waals surface area contributed by atoms with E-state index in [1.165, 1.54) is 16.7 Å². The summed E-state index contributed by atoms with van der Waals surface area (Å²) in [6, 6.07) is 7.75. The lowest BCUT2D eigenvalue weighted by atomic mass is 10.1. The summed E-state index contributed by atoms with van der Waals surface area (Å²) < 4.78 is 15.1. The molecule has 0 bridgehead atoms. The van der Waals surface area contributed by atoms with Crippen molar-refractivity contribution in [1.29, 1.82) is 0 Å². The van der Waals surface area contributed by atoms with Crippen LogP contribution in [0.2, 0.25) is 0 Å². The number of hydrogen-bond acceptors (Lipinski definition) is 5. The highest BCUT2D eigenvalue weighted by molar-refractivity contribution is 5.82. The molecule has 1 aliphatic heterocycles. The van der Waals surface area contributed by atoms with Crippen LogP contribution in [0.5, 0.6) is 0 Å². The van der Waals surface area contributed by atoms with Gasteiger partial charge in [0, 0.05) is 47.4 Å². The summed E-state index contributed by atoms with van der Waals surface area (Å²) in [7, 11) is 0. The summed E-state index contributed by atoms with van der Waals surface area (Å²) in [6.07, 6.45) is 6.22. The van der Waals surface area contributed by atoms with Crippen molar-refractivity contribution in [2.75, 3.05) is 5.32 Å². The third-order valence-corrected chi connectivity index (χ3v) is 6.05. The predicted molar refractivity (Wildman–Crippen MR) is 122 cm³/mol. The molecule has 8 nitrogen and oxygen atoms in total. The van der Waals surface area contributed by atoms with E-state index in [0.717, 1.165) is 33.4 Å². The van der Waals surface area contributed by atoms with Gasteiger partial charge in [0.2, 0.25) is 5.91 Å². The fourth-order valence-electron chi connectivity index (χ4n) is 4.25. The summed E-state index contributed by atoms with van der Waals surface area (Å²) in [5.41, 5.74) is 3.84. The molecule has 0 unspecified atom stereocenters. The third-order valence-electron chi connectivity index (χ3n) is 6.05. The van der Waals surface area contributed by atoms with Crippen LogP contribution in [0.4, 0.5) is 10.2 Å². The first-order valence-corrected chi connectivity index (χ1v) is 10.8. The molecule has 1 aromatic carbocycles. The largest absolute Gasteiger partial charge is 0.361 e. The van der Waals surface area contributed by atoms with Crippen LogP contribution in [0, 0.1) is 12.7 Å². The molecule has 168 valence electrons. The molecule has 0 saturated carbocycles. The van der Waals surface area contributed by atoms with Gasteiger partial charge >= 0.3 is 0 Å². The fourth-order valence-corrected chi connectivity index (χ4v) is 4.25. The number of carbonyl (C=O) groups excluding carboxylic acids is 1. The first-order chi connectivity index (χ1) is 16.0. The van der Waals surface area contributed by atoms with Crippen LogP contribution in [0.3, 0.4) is 0 Å². The van der Waals surface area contributed by atoms with Gasteiger partial charge in [0.15, 0.2) is 5.82 Å². The molecule has 0 saturated heterocycles. The second-order valence-corrected chi connectivity index (χ2v) is 8.23. The van der Waals surface area contributed by atoms with Gasteiger partial charge in [-0.3, -0.25) is 19.1 Å². The minimum absolute atomic E-state index is 0.144. The summed E-state index contributed by atoms with van der Waals surface area (Å²) in [4.78, 5) is 37.6. The zero-order valence-electron chi connectivity index (χ0n) is 18.1. The van der Waals surface area contributed by atoms with E-state index in [9.17, 15) is 14.0 Å². The number of amides is 1. The summed E-state index contributed by atoms with van der Waals surface area (Å²) in [6.45, 7) is 2.46. The number of rotatable bonds is 6. The molecule has 33 heavy (non-hydrogen) atoms. The van der Waals surface area contributed by atoms with E-state index < -0.39 is 6.04 Å². The van der Waals surface area contributed by atoms with E-state index in [1.807, 2.05) is 19.1 Å². The molecule has 3 N–H and O–H groups in total. The van der Waals surface area contributed by atoms with Crippen LogP contribution in [0.1, 0.15) is 35.0 Å². The van der Waals surface area contributed by atoms with Crippen LogP contribution in [0.15, 0.2) is 53.7 Å². The van der Waals surface area contributed by atoms with Gasteiger partial charge in [0.05, 0.1) is 6.54 Å². The number of pyridine rings is 1. The Morgan fingerprint density at radius 2 is 2.12 bits per heavy atom. The van der Waals surface area contributed by atoms with Crippen molar-refractivity contribution >= 4 is 22.6 Å². The fraction of sp³-hybridized carbons (Fsp3) is 0.250. The molecule has 0 fully saturated rings. The Morgan fingerprint density at radius 1 is 1.24 bits per heavy atom. The molecular formula is C24H23FN6O2. The highest BCUT2D eigenvalue weighted by atomic mass is 19.1. The third kappa shape index (κ3) is 4.09. The number of aryl methyl sites for hydroxylation is 2. The van der Waals surface area contributed by atoms with Crippen molar-refractivity contribution in [3.63, 3.8) is 0 Å². The van der Waals surface area contributed by atoms with Gasteiger partial charge in [0.25, 0.3) is 5.56 Å². The Labute approximate surface area is 188 Å². The number of halogens is 1. The molecule has 0 spiro atoms. The van der Waals surface area contributed by atoms with Crippen molar-refractivity contribution < 1.29 is 9.18 Å². The van der Waals surface area contributed by atoms with Crippen molar-refractivity contribution in [3.8, 4) is 0 Å². The standard InChI is InChI=1S/C24H23FN6O2/c1-14-2-3-17(25)8-15(14)11-27-22-24(33)31-19(13-28-22)4-5-21(31)23(32)29-12-18-9-16-10-26-7-6-20(16)30-18/h2-3,6-10,13,21,30H,4-5,11-12H2,1H3,(H,27,28)(H,29,32)/t21-/m0/s1. The van der Waals surface area contributed by atoms with Gasteiger partial charge in [-0.15, -0.1) is 0 Å². The molecule has 5 rings (SSSR count). The van der Waals surface area contributed by atoms with Gasteiger partial charge in [0.1, 0.15) is 11.9 Å². The van der Waals surface area contributed by atoms with E-state index in [1.54, 1.807) is 24.7 Å². The topological polar surface area (TPSA) is 105 Å². The molecule has 0 radical (unpaired) electrons. The van der Waals surface area contributed by atoms with Gasteiger partial charge < -0.3 is 15.6 Å². The molecule has 9 heteroatoms. The molecule has 0 aliphatic carbocycles. The number of hydrogen-bond donors (Lipinski definition) is 3. The summed E-state index contributed by atoms with van der Waals surface area (Å²) in [5, 5.41) is 6.91. The SMILES string of the molecule is Cc1ccc(F)cc1CNc1ncc2n(c1=O)[C@H](C(=O)NCc1cc3cnccc3[nH]1)CC2. The second kappa shape index (κ2) is 8.50. The van der Waals surface area contributed by atoms with Gasteiger partial charge in [-0.05, 0) is 55.2 Å². The maximum absolute atomic E-state index is 13.6. The smallest absolute Gasteiger partial charge is 0.294 e. The van der Waals surface area contributed by atoms with E-state index in [4.69, 9.17) is 0 Å². The highest BCUT2D eigenvalue weighted by Gasteiger charge is 2.30. The second-order valence-electron chi connectivity index (χ2n) is 8.23. The lowest BCUT2D eigenvalue weighted by Crippen LogP contribution is -2.36. The van der Waals surface area contributed by atoms with E-state index >= 15 is 0 Å². The lowest BCUT2D eigenvalue weighted by molar-refractivity contribution is -0.124. The minimum atomic E-state index is -0.599. The zero-order chi connectivity index (χ0) is 22.9. The number of aromatic nitrogens is 4. The first-order valence-electron chi connectivity index (χ1n) is 10.8. The number of fused-ring (bicyclic) bond motifs is 2. The van der Waals surface area contributed by atoms with Crippen molar-refractivity contribution in [2.24, 2.45) is 0 Å². The van der Waals surface area contributed by atoms with Crippen LogP contribution < -0.4 is 16.2 Å². The average molecular weight is 446 g/mol. The Balaban J connectivity index is 1.31. The average Bonchev–Trinajstić information content (AvgIpc) is 3.43. The Bertz CT molecular complexity index is 1380. The van der Waals surface area contributed by atoms with Crippen molar-refractivity contribution in [1.82, 2.24) is 24.8 Å². The number of benzene rings is 1. The van der Waals surface area contributed by atoms with Gasteiger partial charge in [-0.25, -0.2) is 9.37 Å². The Kier molecular flexibility index (Phi) is 5.37. The number of H-pyrrole nitrogens is 1. The summed E-state index contributed by atoms with van der Waals surface area (Å²) in [5.74, 6) is -0.407. The van der Waals surface area contributed by atoms with Crippen LogP contribution in [-0.4, -0.2) is 25.4 Å². The van der Waals surface area contributed by atoms with Gasteiger partial charge in [-0.1, -0.05) is 6.07 Å². The molecule has 4 aromatic rings. The monoisotopic (exact) mass is 446 g/mol. The van der Waals surface area contributed by atoms with E-state index in [2.05, 4.69) is 25.6 Å². The number of aromatic amines is 1. The maximum Gasteiger partial charge on any atom is 0.294 e. The van der Waals surface area contributed by atoms with E-state index in [-0.39, 0.29) is 29.6 Å². The summed E-state index contributed by atoms with van der Waals surface area (Å²) >= 11 is 0.